The minimum atomic E-state index is -1.08. The van der Waals surface area contributed by atoms with Gasteiger partial charge < -0.3 is 19.9 Å². The topological polar surface area (TPSA) is 67.8 Å². The fourth-order valence-electron chi connectivity index (χ4n) is 2.42. The Morgan fingerprint density at radius 1 is 1.32 bits per heavy atom. The average Bonchev–Trinajstić information content (AvgIpc) is 3.11. The number of ether oxygens (including phenoxy) is 2. The lowest BCUT2D eigenvalue weighted by Crippen LogP contribution is -2.20. The van der Waals surface area contributed by atoms with Crippen molar-refractivity contribution >= 4 is 45.4 Å². The van der Waals surface area contributed by atoms with Crippen LogP contribution in [-0.4, -0.2) is 24.4 Å². The summed E-state index contributed by atoms with van der Waals surface area (Å²) in [6, 6.07) is 11.3. The van der Waals surface area contributed by atoms with E-state index in [9.17, 15) is 4.79 Å². The van der Waals surface area contributed by atoms with Gasteiger partial charge in [0.15, 0.2) is 6.29 Å². The van der Waals surface area contributed by atoms with E-state index in [0.29, 0.717) is 18.2 Å². The van der Waals surface area contributed by atoms with Crippen LogP contribution >= 0.6 is 39.3 Å². The van der Waals surface area contributed by atoms with Crippen molar-refractivity contribution in [3.8, 4) is 0 Å². The Morgan fingerprint density at radius 2 is 2.08 bits per heavy atom. The van der Waals surface area contributed by atoms with Crippen molar-refractivity contribution in [2.24, 2.45) is 0 Å². The zero-order valence-electron chi connectivity index (χ0n) is 13.0. The summed E-state index contributed by atoms with van der Waals surface area (Å²) in [4.78, 5) is 12.6. The summed E-state index contributed by atoms with van der Waals surface area (Å²) in [5.74, 6) is 0. The van der Waals surface area contributed by atoms with Crippen LogP contribution in [0.3, 0.4) is 0 Å². The van der Waals surface area contributed by atoms with Gasteiger partial charge in [0.25, 0.3) is 0 Å². The van der Waals surface area contributed by atoms with Gasteiger partial charge in [-0.25, -0.2) is 4.79 Å². The van der Waals surface area contributed by atoms with Crippen molar-refractivity contribution in [2.45, 2.75) is 22.6 Å². The molecule has 2 aromatic rings. The third-order valence-electron chi connectivity index (χ3n) is 3.54. The van der Waals surface area contributed by atoms with E-state index in [0.717, 1.165) is 25.4 Å². The number of hydrogen-bond donors (Lipinski definition) is 2. The van der Waals surface area contributed by atoms with Gasteiger partial charge in [0.05, 0.1) is 18.2 Å². The molecule has 0 radical (unpaired) electrons. The highest BCUT2D eigenvalue weighted by molar-refractivity contribution is 9.10. The van der Waals surface area contributed by atoms with E-state index in [2.05, 4.69) is 21.2 Å². The Kier molecular flexibility index (Phi) is 6.24. The number of amides is 1. The summed E-state index contributed by atoms with van der Waals surface area (Å²) in [5, 5.41) is 11.8. The van der Waals surface area contributed by atoms with E-state index in [4.69, 9.17) is 26.2 Å². The SMILES string of the molecule is O=C(O)NCc1cccc(Cl)c1Sc1ccc(Br)cc1C1OCCO1. The smallest absolute Gasteiger partial charge is 0.404 e. The Hall–Kier alpha value is -1.25. The molecule has 1 aliphatic rings. The van der Waals surface area contributed by atoms with E-state index >= 15 is 0 Å². The summed E-state index contributed by atoms with van der Waals surface area (Å²) >= 11 is 11.3. The van der Waals surface area contributed by atoms with Crippen molar-refractivity contribution in [1.82, 2.24) is 5.32 Å². The van der Waals surface area contributed by atoms with Gasteiger partial charge in [-0.1, -0.05) is 51.4 Å². The second kappa shape index (κ2) is 8.42. The summed E-state index contributed by atoms with van der Waals surface area (Å²) in [6.07, 6.45) is -1.49. The normalized spacial score (nSPS) is 14.6. The molecule has 1 saturated heterocycles. The first-order valence-electron chi connectivity index (χ1n) is 7.49. The van der Waals surface area contributed by atoms with Crippen LogP contribution in [0.1, 0.15) is 17.4 Å². The second-order valence-electron chi connectivity index (χ2n) is 5.24. The molecule has 3 rings (SSSR count). The lowest BCUT2D eigenvalue weighted by Gasteiger charge is -2.17. The molecule has 132 valence electrons. The Balaban J connectivity index is 1.93. The minimum absolute atomic E-state index is 0.181. The summed E-state index contributed by atoms with van der Waals surface area (Å²) in [5.41, 5.74) is 1.72. The fourth-order valence-corrected chi connectivity index (χ4v) is 4.18. The van der Waals surface area contributed by atoms with E-state index in [1.165, 1.54) is 11.8 Å². The highest BCUT2D eigenvalue weighted by Crippen LogP contribution is 2.41. The molecule has 0 bridgehead atoms. The molecule has 2 aromatic carbocycles. The first-order valence-corrected chi connectivity index (χ1v) is 9.48. The van der Waals surface area contributed by atoms with E-state index in [1.807, 2.05) is 24.3 Å². The largest absolute Gasteiger partial charge is 0.465 e. The van der Waals surface area contributed by atoms with Gasteiger partial charge in [-0.2, -0.15) is 0 Å². The number of rotatable bonds is 5. The van der Waals surface area contributed by atoms with Crippen LogP contribution in [0, 0.1) is 0 Å². The van der Waals surface area contributed by atoms with Crippen LogP contribution in [0.5, 0.6) is 0 Å². The third-order valence-corrected chi connectivity index (χ3v) is 5.74. The monoisotopic (exact) mass is 443 g/mol. The molecule has 8 heteroatoms. The summed E-state index contributed by atoms with van der Waals surface area (Å²) < 4.78 is 12.2. The molecule has 25 heavy (non-hydrogen) atoms. The van der Waals surface area contributed by atoms with Crippen LogP contribution in [0.4, 0.5) is 4.79 Å². The lowest BCUT2D eigenvalue weighted by atomic mass is 10.2. The number of carboxylic acid groups (broad SMARTS) is 1. The molecule has 0 unspecified atom stereocenters. The molecule has 2 N–H and O–H groups in total. The van der Waals surface area contributed by atoms with Crippen molar-refractivity contribution in [3.05, 3.63) is 57.0 Å². The second-order valence-corrected chi connectivity index (χ2v) is 7.62. The Bertz CT molecular complexity index is 783. The van der Waals surface area contributed by atoms with Gasteiger partial charge in [0, 0.05) is 26.4 Å². The van der Waals surface area contributed by atoms with Crippen LogP contribution < -0.4 is 5.32 Å². The van der Waals surface area contributed by atoms with E-state index < -0.39 is 12.4 Å². The van der Waals surface area contributed by atoms with Crippen molar-refractivity contribution in [2.75, 3.05) is 13.2 Å². The predicted molar refractivity (Wildman–Crippen MR) is 99.2 cm³/mol. The van der Waals surface area contributed by atoms with Crippen molar-refractivity contribution in [3.63, 3.8) is 0 Å². The van der Waals surface area contributed by atoms with Gasteiger partial charge in [-0.15, -0.1) is 0 Å². The number of hydrogen-bond acceptors (Lipinski definition) is 4. The van der Waals surface area contributed by atoms with Crippen LogP contribution in [0.2, 0.25) is 5.02 Å². The molecule has 0 saturated carbocycles. The first kappa shape index (κ1) is 18.5. The van der Waals surface area contributed by atoms with Gasteiger partial charge in [-0.05, 0) is 29.8 Å². The number of nitrogens with one attached hydrogen (secondary N) is 1. The standard InChI is InChI=1S/C17H15BrClNO4S/c18-11-4-5-14(12(8-11)16-23-6-7-24-16)25-15-10(9-20-17(21)22)2-1-3-13(15)19/h1-5,8,16,20H,6-7,9H2,(H,21,22). The molecule has 0 spiro atoms. The molecular weight excluding hydrogens is 430 g/mol. The summed E-state index contributed by atoms with van der Waals surface area (Å²) in [6.45, 7) is 1.29. The van der Waals surface area contributed by atoms with Crippen molar-refractivity contribution in [1.29, 1.82) is 0 Å². The Morgan fingerprint density at radius 3 is 2.80 bits per heavy atom. The van der Waals surface area contributed by atoms with Crippen LogP contribution in [-0.2, 0) is 16.0 Å². The van der Waals surface area contributed by atoms with E-state index in [-0.39, 0.29) is 6.54 Å². The molecule has 0 aliphatic carbocycles. The quantitative estimate of drug-likeness (QED) is 0.674. The van der Waals surface area contributed by atoms with Crippen LogP contribution in [0.25, 0.3) is 0 Å². The molecule has 1 heterocycles. The molecule has 0 aromatic heterocycles. The number of benzene rings is 2. The average molecular weight is 445 g/mol. The maximum atomic E-state index is 10.8. The first-order chi connectivity index (χ1) is 12.0. The zero-order chi connectivity index (χ0) is 17.8. The van der Waals surface area contributed by atoms with Crippen molar-refractivity contribution < 1.29 is 19.4 Å². The van der Waals surface area contributed by atoms with Gasteiger partial charge in [0.1, 0.15) is 0 Å². The van der Waals surface area contributed by atoms with Crippen LogP contribution in [0.15, 0.2) is 50.7 Å². The Labute approximate surface area is 162 Å². The number of halogens is 2. The van der Waals surface area contributed by atoms with Gasteiger partial charge >= 0.3 is 6.09 Å². The minimum Gasteiger partial charge on any atom is -0.465 e. The highest BCUT2D eigenvalue weighted by Gasteiger charge is 2.23. The molecule has 1 aliphatic heterocycles. The maximum absolute atomic E-state index is 10.8. The maximum Gasteiger partial charge on any atom is 0.404 e. The molecule has 1 fully saturated rings. The number of carbonyl (C=O) groups is 1. The highest BCUT2D eigenvalue weighted by atomic mass is 79.9. The lowest BCUT2D eigenvalue weighted by molar-refractivity contribution is -0.0460. The summed E-state index contributed by atoms with van der Waals surface area (Å²) in [7, 11) is 0. The molecule has 5 nitrogen and oxygen atoms in total. The molecular formula is C17H15BrClNO4S. The van der Waals surface area contributed by atoms with Gasteiger partial charge in [0.2, 0.25) is 0 Å². The molecule has 1 amide bonds. The van der Waals surface area contributed by atoms with E-state index in [1.54, 1.807) is 12.1 Å². The zero-order valence-corrected chi connectivity index (χ0v) is 16.2. The molecule has 0 atom stereocenters. The predicted octanol–water partition coefficient (Wildman–Crippen LogP) is 5.07. The third kappa shape index (κ3) is 4.68. The fraction of sp³-hybridized carbons (Fsp3) is 0.235. The van der Waals surface area contributed by atoms with Gasteiger partial charge in [-0.3, -0.25) is 0 Å².